The maximum atomic E-state index is 14.3. The molecule has 4 aromatic rings. The van der Waals surface area contributed by atoms with Gasteiger partial charge in [-0.25, -0.2) is 14.7 Å². The first kappa shape index (κ1) is 24.4. The van der Waals surface area contributed by atoms with Crippen LogP contribution in [0.2, 0.25) is 5.02 Å². The van der Waals surface area contributed by atoms with Crippen LogP contribution in [0.1, 0.15) is 38.5 Å². The zero-order chi connectivity index (χ0) is 27.6. The molecule has 0 unspecified atom stereocenters. The minimum atomic E-state index is -1.12. The molecule has 4 aliphatic rings. The molecule has 3 aliphatic carbocycles. The fraction of sp³-hybridized carbons (Fsp3) is 0.125. The number of imide groups is 1. The van der Waals surface area contributed by atoms with Crippen molar-refractivity contribution in [2.24, 2.45) is 16.9 Å². The van der Waals surface area contributed by atoms with Gasteiger partial charge in [0.15, 0.2) is 0 Å². The van der Waals surface area contributed by atoms with Gasteiger partial charge in [0, 0.05) is 22.7 Å². The molecular weight excluding hydrogens is 529 g/mol. The molecule has 4 aromatic carbocycles. The van der Waals surface area contributed by atoms with Crippen molar-refractivity contribution in [2.45, 2.75) is 11.3 Å². The monoisotopic (exact) mass is 549 g/mol. The maximum Gasteiger partial charge on any atom is 0.271 e. The largest absolute Gasteiger partial charge is 0.274 e. The number of amides is 3. The molecule has 0 aromatic heterocycles. The number of carbonyl (C=O) groups is 3. The predicted molar refractivity (Wildman–Crippen MR) is 149 cm³/mol. The molecule has 40 heavy (non-hydrogen) atoms. The van der Waals surface area contributed by atoms with Gasteiger partial charge in [0.1, 0.15) is 5.82 Å². The van der Waals surface area contributed by atoms with E-state index in [1.165, 1.54) is 29.2 Å². The summed E-state index contributed by atoms with van der Waals surface area (Å²) in [6, 6.07) is 27.3. The zero-order valence-electron chi connectivity index (χ0n) is 20.9. The van der Waals surface area contributed by atoms with Gasteiger partial charge in [-0.1, -0.05) is 60.1 Å². The minimum absolute atomic E-state index is 0.321. The van der Waals surface area contributed by atoms with E-state index in [-0.39, 0.29) is 17.7 Å². The average Bonchev–Trinajstić information content (AvgIpc) is 3.24. The Labute approximate surface area is 234 Å². The molecule has 1 aliphatic heterocycles. The number of hydrogen-bond donors (Lipinski definition) is 1. The lowest BCUT2D eigenvalue weighted by molar-refractivity contribution is -0.122. The number of benzene rings is 4. The van der Waals surface area contributed by atoms with Gasteiger partial charge >= 0.3 is 0 Å². The fourth-order valence-electron chi connectivity index (χ4n) is 6.75. The Hall–Kier alpha value is -4.62. The van der Waals surface area contributed by atoms with E-state index >= 15 is 0 Å². The topological polar surface area (TPSA) is 78.8 Å². The van der Waals surface area contributed by atoms with Gasteiger partial charge in [-0.2, -0.15) is 5.10 Å². The third kappa shape index (κ3) is 3.34. The highest BCUT2D eigenvalue weighted by Gasteiger charge is 2.68. The SMILES string of the molecule is O=C(N/N=C\C12c3ccccc3C(c3ccccc31)[C@H]1C(=O)N(c3ccc(F)cc3)C(=O)[C@@H]12)c1ccc(Cl)cc1. The van der Waals surface area contributed by atoms with Crippen LogP contribution in [0.4, 0.5) is 10.1 Å². The van der Waals surface area contributed by atoms with Crippen molar-refractivity contribution in [3.63, 3.8) is 0 Å². The smallest absolute Gasteiger partial charge is 0.271 e. The van der Waals surface area contributed by atoms with Crippen LogP contribution in [0.25, 0.3) is 0 Å². The standard InChI is InChI=1S/C32H21ClFN3O3/c33-19-11-9-18(10-12-19)29(38)36-35-17-32-24-7-3-1-5-22(24)26(23-6-2-4-8-25(23)32)27-28(32)31(40)37(30(27)39)21-15-13-20(34)14-16-21/h1-17,26-28H,(H,36,38)/b35-17-/t26?,27-,28-,32?/m1/s1. The number of carbonyl (C=O) groups excluding carboxylic acids is 3. The fourth-order valence-corrected chi connectivity index (χ4v) is 6.88. The quantitative estimate of drug-likeness (QED) is 0.209. The third-order valence-corrected chi connectivity index (χ3v) is 8.56. The Balaban J connectivity index is 1.39. The van der Waals surface area contributed by atoms with Crippen molar-refractivity contribution in [1.29, 1.82) is 0 Å². The van der Waals surface area contributed by atoms with Crippen LogP contribution in [0.3, 0.4) is 0 Å². The molecule has 1 saturated heterocycles. The normalized spacial score (nSPS) is 24.1. The summed E-state index contributed by atoms with van der Waals surface area (Å²) in [7, 11) is 0. The molecule has 2 bridgehead atoms. The molecule has 3 amide bonds. The van der Waals surface area contributed by atoms with Gasteiger partial charge < -0.3 is 0 Å². The molecule has 2 atom stereocenters. The maximum absolute atomic E-state index is 14.3. The lowest BCUT2D eigenvalue weighted by Gasteiger charge is -2.52. The number of hydrazone groups is 1. The third-order valence-electron chi connectivity index (χ3n) is 8.31. The number of nitrogens with one attached hydrogen (secondary N) is 1. The number of rotatable bonds is 4. The molecule has 1 heterocycles. The Bertz CT molecular complexity index is 1690. The van der Waals surface area contributed by atoms with E-state index < -0.39 is 29.0 Å². The molecule has 1 N–H and O–H groups in total. The highest BCUT2D eigenvalue weighted by atomic mass is 35.5. The van der Waals surface area contributed by atoms with Crippen LogP contribution < -0.4 is 10.3 Å². The molecule has 0 saturated carbocycles. The van der Waals surface area contributed by atoms with E-state index in [0.717, 1.165) is 22.3 Å². The van der Waals surface area contributed by atoms with Crippen molar-refractivity contribution in [1.82, 2.24) is 5.43 Å². The second-order valence-corrected chi connectivity index (χ2v) is 10.7. The molecule has 196 valence electrons. The summed E-state index contributed by atoms with van der Waals surface area (Å²) < 4.78 is 13.7. The first-order valence-corrected chi connectivity index (χ1v) is 13.2. The van der Waals surface area contributed by atoms with Gasteiger partial charge in [0.25, 0.3) is 5.91 Å². The number of anilines is 1. The summed E-state index contributed by atoms with van der Waals surface area (Å²) in [5.74, 6) is -3.45. The summed E-state index contributed by atoms with van der Waals surface area (Å²) in [4.78, 5) is 42.4. The van der Waals surface area contributed by atoms with Crippen molar-refractivity contribution >= 4 is 41.2 Å². The minimum Gasteiger partial charge on any atom is -0.274 e. The van der Waals surface area contributed by atoms with Crippen LogP contribution in [0.5, 0.6) is 0 Å². The number of hydrogen-bond acceptors (Lipinski definition) is 4. The first-order chi connectivity index (χ1) is 19.4. The molecule has 8 heteroatoms. The van der Waals surface area contributed by atoms with Gasteiger partial charge in [-0.3, -0.25) is 14.4 Å². The van der Waals surface area contributed by atoms with Gasteiger partial charge in [0.2, 0.25) is 11.8 Å². The van der Waals surface area contributed by atoms with E-state index in [4.69, 9.17) is 11.6 Å². The molecule has 6 nitrogen and oxygen atoms in total. The van der Waals surface area contributed by atoms with Crippen LogP contribution >= 0.6 is 11.6 Å². The van der Waals surface area contributed by atoms with E-state index in [9.17, 15) is 18.8 Å². The zero-order valence-corrected chi connectivity index (χ0v) is 21.7. The van der Waals surface area contributed by atoms with Gasteiger partial charge in [-0.05, 0) is 70.8 Å². The highest BCUT2D eigenvalue weighted by molar-refractivity contribution is 6.30. The molecule has 8 rings (SSSR count). The summed E-state index contributed by atoms with van der Waals surface area (Å²) in [6.07, 6.45) is 1.60. The summed E-state index contributed by atoms with van der Waals surface area (Å²) in [5, 5.41) is 4.91. The van der Waals surface area contributed by atoms with E-state index in [1.54, 1.807) is 30.5 Å². The Morgan fingerprint density at radius 1 is 0.850 bits per heavy atom. The van der Waals surface area contributed by atoms with Crippen LogP contribution in [-0.4, -0.2) is 23.9 Å². The summed E-state index contributed by atoms with van der Waals surface area (Å²) in [5.41, 5.74) is 5.79. The van der Waals surface area contributed by atoms with Gasteiger partial charge in [-0.15, -0.1) is 0 Å². The lowest BCUT2D eigenvalue weighted by Crippen LogP contribution is -2.54. The van der Waals surface area contributed by atoms with E-state index in [0.29, 0.717) is 16.3 Å². The summed E-state index contributed by atoms with van der Waals surface area (Å²) in [6.45, 7) is 0. The molecule has 0 spiro atoms. The Morgan fingerprint density at radius 3 is 2.08 bits per heavy atom. The molecular formula is C32H21ClFN3O3. The second-order valence-electron chi connectivity index (χ2n) is 10.2. The van der Waals surface area contributed by atoms with E-state index in [2.05, 4.69) is 10.5 Å². The molecule has 0 radical (unpaired) electrons. The average molecular weight is 550 g/mol. The van der Waals surface area contributed by atoms with Crippen LogP contribution in [0, 0.1) is 17.7 Å². The van der Waals surface area contributed by atoms with Gasteiger partial charge in [0.05, 0.1) is 22.9 Å². The first-order valence-electron chi connectivity index (χ1n) is 12.8. The highest BCUT2D eigenvalue weighted by Crippen LogP contribution is 2.63. The lowest BCUT2D eigenvalue weighted by atomic mass is 9.47. The van der Waals surface area contributed by atoms with Crippen LogP contribution in [0.15, 0.2) is 102 Å². The molecule has 1 fully saturated rings. The Kier molecular flexibility index (Phi) is 5.47. The van der Waals surface area contributed by atoms with Crippen molar-refractivity contribution < 1.29 is 18.8 Å². The van der Waals surface area contributed by atoms with E-state index in [1.807, 2.05) is 48.5 Å². The van der Waals surface area contributed by atoms with Crippen molar-refractivity contribution in [3.8, 4) is 0 Å². The number of nitrogens with zero attached hydrogens (tertiary/aromatic N) is 2. The van der Waals surface area contributed by atoms with Crippen molar-refractivity contribution in [3.05, 3.63) is 136 Å². The number of halogens is 2. The predicted octanol–water partition coefficient (Wildman–Crippen LogP) is 5.45. The van der Waals surface area contributed by atoms with Crippen LogP contribution in [-0.2, 0) is 15.0 Å². The Morgan fingerprint density at radius 2 is 1.45 bits per heavy atom. The summed E-state index contributed by atoms with van der Waals surface area (Å²) >= 11 is 5.96. The second kappa shape index (κ2) is 8.96. The van der Waals surface area contributed by atoms with Crippen molar-refractivity contribution in [2.75, 3.05) is 4.90 Å².